The van der Waals surface area contributed by atoms with E-state index in [4.69, 9.17) is 4.74 Å². The fraction of sp³-hybridized carbons (Fsp3) is 0.273. The average molecular weight is 287 g/mol. The van der Waals surface area contributed by atoms with Gasteiger partial charge in [-0.05, 0) is 19.1 Å². The highest BCUT2D eigenvalue weighted by Crippen LogP contribution is 2.27. The number of methoxy groups -OCH3 is 1. The Balaban J connectivity index is 3.25. The summed E-state index contributed by atoms with van der Waals surface area (Å²) >= 11 is 3.24. The van der Waals surface area contributed by atoms with Crippen LogP contribution in [-0.4, -0.2) is 19.0 Å². The number of hydrogen-bond donors (Lipinski definition) is 0. The Labute approximate surface area is 102 Å². The third kappa shape index (κ3) is 2.82. The van der Waals surface area contributed by atoms with E-state index in [0.29, 0.717) is 21.3 Å². The lowest BCUT2D eigenvalue weighted by Gasteiger charge is -2.10. The van der Waals surface area contributed by atoms with Gasteiger partial charge in [0.05, 0.1) is 12.7 Å². The third-order valence-electron chi connectivity index (χ3n) is 1.98. The Kier molecular flexibility index (Phi) is 4.06. The van der Waals surface area contributed by atoms with Gasteiger partial charge in [0, 0.05) is 17.0 Å². The molecule has 4 nitrogen and oxygen atoms in total. The van der Waals surface area contributed by atoms with Crippen LogP contribution in [0.4, 0.5) is 0 Å². The first-order valence-corrected chi connectivity index (χ1v) is 5.32. The fourth-order valence-electron chi connectivity index (χ4n) is 1.24. The molecule has 0 fully saturated rings. The van der Waals surface area contributed by atoms with Crippen molar-refractivity contribution in [1.29, 1.82) is 0 Å². The topological polar surface area (TPSA) is 52.6 Å². The van der Waals surface area contributed by atoms with E-state index in [-0.39, 0.29) is 0 Å². The molecule has 0 amide bonds. The predicted molar refractivity (Wildman–Crippen MR) is 61.5 cm³/mol. The summed E-state index contributed by atoms with van der Waals surface area (Å²) in [6.07, 6.45) is 0. The lowest BCUT2D eigenvalue weighted by Crippen LogP contribution is -2.08. The summed E-state index contributed by atoms with van der Waals surface area (Å²) in [5, 5.41) is 0. The van der Waals surface area contributed by atoms with Crippen LogP contribution in [0, 0.1) is 6.92 Å². The molecular weight excluding hydrogens is 276 g/mol. The van der Waals surface area contributed by atoms with E-state index < -0.39 is 11.9 Å². The van der Waals surface area contributed by atoms with Crippen molar-refractivity contribution in [2.45, 2.75) is 13.8 Å². The van der Waals surface area contributed by atoms with Crippen LogP contribution in [0.25, 0.3) is 0 Å². The van der Waals surface area contributed by atoms with Crippen molar-refractivity contribution >= 4 is 27.9 Å². The van der Waals surface area contributed by atoms with Gasteiger partial charge in [-0.3, -0.25) is 4.79 Å². The van der Waals surface area contributed by atoms with E-state index in [1.54, 1.807) is 19.1 Å². The second-order valence-corrected chi connectivity index (χ2v) is 4.08. The Morgan fingerprint density at radius 1 is 1.31 bits per heavy atom. The van der Waals surface area contributed by atoms with Crippen molar-refractivity contribution in [3.05, 3.63) is 27.7 Å². The Morgan fingerprint density at radius 2 is 1.94 bits per heavy atom. The molecule has 0 saturated carbocycles. The molecule has 0 saturated heterocycles. The van der Waals surface area contributed by atoms with Crippen LogP contribution in [0.5, 0.6) is 5.75 Å². The molecule has 0 heterocycles. The Bertz CT molecular complexity index is 440. The molecule has 0 aliphatic rings. The zero-order valence-corrected chi connectivity index (χ0v) is 10.8. The quantitative estimate of drug-likeness (QED) is 0.619. The molecule has 0 unspecified atom stereocenters. The normalized spacial score (nSPS) is 9.75. The molecule has 16 heavy (non-hydrogen) atoms. The minimum absolute atomic E-state index is 0.349. The van der Waals surface area contributed by atoms with Crippen LogP contribution in [0.3, 0.4) is 0 Å². The second kappa shape index (κ2) is 5.12. The molecule has 0 bridgehead atoms. The largest absolute Gasteiger partial charge is 0.465 e. The van der Waals surface area contributed by atoms with Gasteiger partial charge >= 0.3 is 11.9 Å². The number of halogens is 1. The average Bonchev–Trinajstić information content (AvgIpc) is 2.21. The first-order chi connectivity index (χ1) is 7.45. The molecular formula is C11H11BrO4. The SMILES string of the molecule is COC(=O)c1cc(Br)cc(OC(C)=O)c1C. The third-order valence-corrected chi connectivity index (χ3v) is 2.44. The predicted octanol–water partition coefficient (Wildman–Crippen LogP) is 2.47. The lowest BCUT2D eigenvalue weighted by atomic mass is 10.1. The van der Waals surface area contributed by atoms with E-state index >= 15 is 0 Å². The Hall–Kier alpha value is -1.36. The van der Waals surface area contributed by atoms with Gasteiger partial charge in [0.25, 0.3) is 0 Å². The molecule has 1 rings (SSSR count). The van der Waals surface area contributed by atoms with Gasteiger partial charge in [-0.15, -0.1) is 0 Å². The number of ether oxygens (including phenoxy) is 2. The van der Waals surface area contributed by atoms with Crippen molar-refractivity contribution in [3.63, 3.8) is 0 Å². The monoisotopic (exact) mass is 286 g/mol. The van der Waals surface area contributed by atoms with Gasteiger partial charge in [0.2, 0.25) is 0 Å². The summed E-state index contributed by atoms with van der Waals surface area (Å²) in [5.74, 6) is -0.550. The molecule has 0 aliphatic carbocycles. The van der Waals surface area contributed by atoms with Gasteiger partial charge in [-0.1, -0.05) is 15.9 Å². The number of carbonyl (C=O) groups excluding carboxylic acids is 2. The standard InChI is InChI=1S/C11H11BrO4/c1-6-9(11(14)15-3)4-8(12)5-10(6)16-7(2)13/h4-5H,1-3H3. The summed E-state index contributed by atoms with van der Waals surface area (Å²) < 4.78 is 10.3. The van der Waals surface area contributed by atoms with Gasteiger partial charge in [-0.25, -0.2) is 4.79 Å². The van der Waals surface area contributed by atoms with Gasteiger partial charge in [0.15, 0.2) is 0 Å². The number of carbonyl (C=O) groups is 2. The van der Waals surface area contributed by atoms with Crippen LogP contribution in [-0.2, 0) is 9.53 Å². The highest BCUT2D eigenvalue weighted by molar-refractivity contribution is 9.10. The van der Waals surface area contributed by atoms with E-state index in [2.05, 4.69) is 20.7 Å². The first kappa shape index (κ1) is 12.7. The number of esters is 2. The molecule has 1 aromatic carbocycles. The summed E-state index contributed by atoms with van der Waals surface area (Å²) in [6, 6.07) is 3.25. The highest BCUT2D eigenvalue weighted by atomic mass is 79.9. The molecule has 0 N–H and O–H groups in total. The maximum atomic E-state index is 11.4. The number of hydrogen-bond acceptors (Lipinski definition) is 4. The highest BCUT2D eigenvalue weighted by Gasteiger charge is 2.15. The van der Waals surface area contributed by atoms with Gasteiger partial charge in [0.1, 0.15) is 5.75 Å². The minimum Gasteiger partial charge on any atom is -0.465 e. The van der Waals surface area contributed by atoms with Crippen LogP contribution < -0.4 is 4.74 Å². The summed E-state index contributed by atoms with van der Waals surface area (Å²) in [4.78, 5) is 22.3. The summed E-state index contributed by atoms with van der Waals surface area (Å²) in [5.41, 5.74) is 0.943. The maximum Gasteiger partial charge on any atom is 0.338 e. The summed E-state index contributed by atoms with van der Waals surface area (Å²) in [7, 11) is 1.30. The van der Waals surface area contributed by atoms with Crippen LogP contribution in [0.1, 0.15) is 22.8 Å². The van der Waals surface area contributed by atoms with E-state index in [0.717, 1.165) is 0 Å². The van der Waals surface area contributed by atoms with Gasteiger partial charge in [-0.2, -0.15) is 0 Å². The zero-order chi connectivity index (χ0) is 12.3. The molecule has 5 heteroatoms. The number of rotatable bonds is 2. The van der Waals surface area contributed by atoms with E-state index in [1.165, 1.54) is 14.0 Å². The molecule has 86 valence electrons. The molecule has 0 atom stereocenters. The van der Waals surface area contributed by atoms with Crippen molar-refractivity contribution in [2.75, 3.05) is 7.11 Å². The molecule has 0 radical (unpaired) electrons. The van der Waals surface area contributed by atoms with Crippen molar-refractivity contribution < 1.29 is 19.1 Å². The molecule has 0 aromatic heterocycles. The van der Waals surface area contributed by atoms with Gasteiger partial charge < -0.3 is 9.47 Å². The molecule has 0 spiro atoms. The minimum atomic E-state index is -0.466. The number of benzene rings is 1. The van der Waals surface area contributed by atoms with Crippen molar-refractivity contribution in [1.82, 2.24) is 0 Å². The Morgan fingerprint density at radius 3 is 2.44 bits per heavy atom. The van der Waals surface area contributed by atoms with Crippen LogP contribution in [0.2, 0.25) is 0 Å². The van der Waals surface area contributed by atoms with Crippen molar-refractivity contribution in [3.8, 4) is 5.75 Å². The van der Waals surface area contributed by atoms with E-state index in [1.807, 2.05) is 0 Å². The molecule has 1 aromatic rings. The van der Waals surface area contributed by atoms with Crippen LogP contribution >= 0.6 is 15.9 Å². The lowest BCUT2D eigenvalue weighted by molar-refractivity contribution is -0.131. The van der Waals surface area contributed by atoms with Crippen LogP contribution in [0.15, 0.2) is 16.6 Å². The first-order valence-electron chi connectivity index (χ1n) is 4.52. The maximum absolute atomic E-state index is 11.4. The zero-order valence-electron chi connectivity index (χ0n) is 9.17. The van der Waals surface area contributed by atoms with Crippen molar-refractivity contribution in [2.24, 2.45) is 0 Å². The summed E-state index contributed by atoms with van der Waals surface area (Å²) in [6.45, 7) is 3.00. The van der Waals surface area contributed by atoms with E-state index in [9.17, 15) is 9.59 Å². The molecule has 0 aliphatic heterocycles. The smallest absolute Gasteiger partial charge is 0.338 e. The fourth-order valence-corrected chi connectivity index (χ4v) is 1.67. The second-order valence-electron chi connectivity index (χ2n) is 3.16.